The highest BCUT2D eigenvalue weighted by atomic mass is 16.5. The van der Waals surface area contributed by atoms with E-state index in [2.05, 4.69) is 15.3 Å². The first kappa shape index (κ1) is 16.7. The van der Waals surface area contributed by atoms with E-state index in [0.29, 0.717) is 17.0 Å². The van der Waals surface area contributed by atoms with Crippen molar-refractivity contribution in [1.29, 1.82) is 0 Å². The van der Waals surface area contributed by atoms with Crippen LogP contribution in [-0.4, -0.2) is 52.5 Å². The van der Waals surface area contributed by atoms with Gasteiger partial charge < -0.3 is 26.0 Å². The van der Waals surface area contributed by atoms with Crippen LogP contribution in [0.25, 0.3) is 11.3 Å². The van der Waals surface area contributed by atoms with Gasteiger partial charge in [-0.25, -0.2) is 9.97 Å². The summed E-state index contributed by atoms with van der Waals surface area (Å²) in [6.07, 6.45) is 0.400. The van der Waals surface area contributed by atoms with Crippen LogP contribution < -0.4 is 15.8 Å². The minimum absolute atomic E-state index is 0.0281. The Hall–Kier alpha value is -2.71. The van der Waals surface area contributed by atoms with Crippen LogP contribution in [0.1, 0.15) is 10.5 Å². The topological polar surface area (TPSA) is 131 Å². The zero-order valence-corrected chi connectivity index (χ0v) is 12.6. The van der Waals surface area contributed by atoms with E-state index in [4.69, 9.17) is 15.6 Å². The molecule has 0 saturated carbocycles. The maximum absolute atomic E-state index is 12.1. The molecule has 1 atom stereocenters. The molecule has 0 saturated heterocycles. The molecule has 0 fully saturated rings. The molecule has 0 aliphatic heterocycles. The number of anilines is 1. The van der Waals surface area contributed by atoms with Gasteiger partial charge >= 0.3 is 0 Å². The number of para-hydroxylation sites is 1. The van der Waals surface area contributed by atoms with E-state index in [1.165, 1.54) is 13.3 Å². The van der Waals surface area contributed by atoms with Crippen LogP contribution >= 0.6 is 0 Å². The summed E-state index contributed by atoms with van der Waals surface area (Å²) in [4.78, 5) is 20.3. The Kier molecular flexibility index (Phi) is 5.45. The number of methoxy groups -OCH3 is 1. The van der Waals surface area contributed by atoms with Crippen molar-refractivity contribution in [1.82, 2.24) is 15.3 Å². The number of amides is 1. The number of nitrogens with zero attached hydrogens (tertiary/aromatic N) is 2. The quantitative estimate of drug-likeness (QED) is 0.581. The SMILES string of the molecule is COc1ccccc1-c1cnc(N)c(C(=O)NC[C@@H](O)CO)n1. The average molecular weight is 318 g/mol. The maximum atomic E-state index is 12.1. The van der Waals surface area contributed by atoms with Gasteiger partial charge in [0.15, 0.2) is 11.5 Å². The summed E-state index contributed by atoms with van der Waals surface area (Å²) in [5.41, 5.74) is 6.75. The molecular weight excluding hydrogens is 300 g/mol. The van der Waals surface area contributed by atoms with Crippen LogP contribution in [0.5, 0.6) is 5.75 Å². The van der Waals surface area contributed by atoms with Crippen molar-refractivity contribution in [2.24, 2.45) is 0 Å². The number of nitrogen functional groups attached to an aromatic ring is 1. The Morgan fingerprint density at radius 1 is 1.43 bits per heavy atom. The van der Waals surface area contributed by atoms with E-state index in [-0.39, 0.29) is 18.1 Å². The number of hydrogen-bond acceptors (Lipinski definition) is 7. The number of aromatic nitrogens is 2. The number of rotatable bonds is 6. The van der Waals surface area contributed by atoms with Gasteiger partial charge in [0.2, 0.25) is 0 Å². The predicted molar refractivity (Wildman–Crippen MR) is 83.9 cm³/mol. The highest BCUT2D eigenvalue weighted by molar-refractivity contribution is 5.96. The van der Waals surface area contributed by atoms with Crippen molar-refractivity contribution in [3.05, 3.63) is 36.2 Å². The molecular formula is C15H18N4O4. The molecule has 0 radical (unpaired) electrons. The van der Waals surface area contributed by atoms with Crippen molar-refractivity contribution >= 4 is 11.7 Å². The summed E-state index contributed by atoms with van der Waals surface area (Å²) in [5.74, 6) is -0.0208. The van der Waals surface area contributed by atoms with Gasteiger partial charge in [0, 0.05) is 12.1 Å². The van der Waals surface area contributed by atoms with Crippen LogP contribution in [0.3, 0.4) is 0 Å². The molecule has 5 N–H and O–H groups in total. The third-order valence-electron chi connectivity index (χ3n) is 3.11. The van der Waals surface area contributed by atoms with Gasteiger partial charge in [-0.2, -0.15) is 0 Å². The number of aliphatic hydroxyl groups is 2. The van der Waals surface area contributed by atoms with E-state index in [1.54, 1.807) is 12.1 Å². The molecule has 23 heavy (non-hydrogen) atoms. The Balaban J connectivity index is 2.30. The smallest absolute Gasteiger partial charge is 0.273 e. The second kappa shape index (κ2) is 7.52. The molecule has 8 nitrogen and oxygen atoms in total. The Morgan fingerprint density at radius 3 is 2.87 bits per heavy atom. The van der Waals surface area contributed by atoms with Crippen LogP contribution in [0.4, 0.5) is 5.82 Å². The molecule has 0 bridgehead atoms. The fourth-order valence-electron chi connectivity index (χ4n) is 1.91. The summed E-state index contributed by atoms with van der Waals surface area (Å²) >= 11 is 0. The third kappa shape index (κ3) is 3.93. The van der Waals surface area contributed by atoms with Crippen molar-refractivity contribution in [2.45, 2.75) is 6.10 Å². The second-order valence-electron chi connectivity index (χ2n) is 4.74. The van der Waals surface area contributed by atoms with Gasteiger partial charge in [-0.05, 0) is 12.1 Å². The summed E-state index contributed by atoms with van der Waals surface area (Å²) in [5, 5.41) is 20.5. The molecule has 2 aromatic rings. The summed E-state index contributed by atoms with van der Waals surface area (Å²) in [6.45, 7) is -0.571. The molecule has 1 amide bonds. The maximum Gasteiger partial charge on any atom is 0.273 e. The van der Waals surface area contributed by atoms with Gasteiger partial charge in [-0.3, -0.25) is 4.79 Å². The van der Waals surface area contributed by atoms with E-state index < -0.39 is 18.6 Å². The Morgan fingerprint density at radius 2 is 2.17 bits per heavy atom. The lowest BCUT2D eigenvalue weighted by atomic mass is 10.1. The van der Waals surface area contributed by atoms with Crippen LogP contribution in [0.2, 0.25) is 0 Å². The first-order valence-corrected chi connectivity index (χ1v) is 6.89. The first-order valence-electron chi connectivity index (χ1n) is 6.89. The molecule has 0 aliphatic rings. The lowest BCUT2D eigenvalue weighted by molar-refractivity contribution is 0.0799. The Bertz CT molecular complexity index is 693. The van der Waals surface area contributed by atoms with E-state index in [0.717, 1.165) is 0 Å². The molecule has 1 aromatic carbocycles. The van der Waals surface area contributed by atoms with Gasteiger partial charge in [0.25, 0.3) is 5.91 Å². The highest BCUT2D eigenvalue weighted by Gasteiger charge is 2.17. The van der Waals surface area contributed by atoms with E-state index >= 15 is 0 Å². The third-order valence-corrected chi connectivity index (χ3v) is 3.11. The van der Waals surface area contributed by atoms with Crippen molar-refractivity contribution in [3.63, 3.8) is 0 Å². The number of nitrogens with two attached hydrogens (primary N) is 1. The van der Waals surface area contributed by atoms with Crippen LogP contribution in [0.15, 0.2) is 30.5 Å². The fourth-order valence-corrected chi connectivity index (χ4v) is 1.91. The van der Waals surface area contributed by atoms with Crippen molar-refractivity contribution in [3.8, 4) is 17.0 Å². The fraction of sp³-hybridized carbons (Fsp3) is 0.267. The minimum Gasteiger partial charge on any atom is -0.496 e. The molecule has 2 rings (SSSR count). The average Bonchev–Trinajstić information content (AvgIpc) is 2.59. The first-order chi connectivity index (χ1) is 11.1. The van der Waals surface area contributed by atoms with Gasteiger partial charge in [0.05, 0.1) is 31.7 Å². The van der Waals surface area contributed by atoms with Gasteiger partial charge in [-0.1, -0.05) is 12.1 Å². The lowest BCUT2D eigenvalue weighted by Gasteiger charge is -2.11. The highest BCUT2D eigenvalue weighted by Crippen LogP contribution is 2.28. The van der Waals surface area contributed by atoms with Crippen molar-refractivity contribution < 1.29 is 19.7 Å². The summed E-state index contributed by atoms with van der Waals surface area (Å²) < 4.78 is 5.26. The summed E-state index contributed by atoms with van der Waals surface area (Å²) in [6, 6.07) is 7.19. The normalized spacial score (nSPS) is 11.8. The monoisotopic (exact) mass is 318 g/mol. The lowest BCUT2D eigenvalue weighted by Crippen LogP contribution is -2.34. The number of benzene rings is 1. The molecule has 0 aliphatic carbocycles. The number of carbonyl (C=O) groups excluding carboxylic acids is 1. The zero-order valence-electron chi connectivity index (χ0n) is 12.6. The number of ether oxygens (including phenoxy) is 1. The number of hydrogen-bond donors (Lipinski definition) is 4. The molecule has 1 heterocycles. The van der Waals surface area contributed by atoms with Crippen LogP contribution in [-0.2, 0) is 0 Å². The van der Waals surface area contributed by atoms with E-state index in [1.807, 2.05) is 12.1 Å². The largest absolute Gasteiger partial charge is 0.496 e. The Labute approximate surface area is 133 Å². The molecule has 8 heteroatoms. The van der Waals surface area contributed by atoms with E-state index in [9.17, 15) is 9.90 Å². The number of aliphatic hydroxyl groups excluding tert-OH is 2. The number of carbonyl (C=O) groups is 1. The van der Waals surface area contributed by atoms with Gasteiger partial charge in [0.1, 0.15) is 5.75 Å². The standard InChI is InChI=1S/C15H18N4O4/c1-23-12-5-3-2-4-10(12)11-7-17-14(16)13(19-11)15(22)18-6-9(21)8-20/h2-5,7,9,20-21H,6,8H2,1H3,(H2,16,17)(H,18,22)/t9-/m1/s1. The van der Waals surface area contributed by atoms with Crippen molar-refractivity contribution in [2.75, 3.05) is 26.0 Å². The molecule has 1 aromatic heterocycles. The number of nitrogens with one attached hydrogen (secondary N) is 1. The minimum atomic E-state index is -1.05. The zero-order chi connectivity index (χ0) is 16.8. The molecule has 122 valence electrons. The molecule has 0 spiro atoms. The predicted octanol–water partition coefficient (Wildman–Crippen LogP) is -0.183. The van der Waals surface area contributed by atoms with Crippen LogP contribution in [0, 0.1) is 0 Å². The summed E-state index contributed by atoms with van der Waals surface area (Å²) in [7, 11) is 1.54. The second-order valence-corrected chi connectivity index (χ2v) is 4.74. The molecule has 0 unspecified atom stereocenters. The van der Waals surface area contributed by atoms with Gasteiger partial charge in [-0.15, -0.1) is 0 Å².